The lowest BCUT2D eigenvalue weighted by Crippen LogP contribution is -2.31. The van der Waals surface area contributed by atoms with Crippen molar-refractivity contribution in [1.82, 2.24) is 0 Å². The smallest absolute Gasteiger partial charge is 0.201 e. The minimum absolute atomic E-state index is 0.0732. The monoisotopic (exact) mass is 524 g/mol. The first-order valence-corrected chi connectivity index (χ1v) is 13.4. The molecule has 0 saturated carbocycles. The molecule has 3 aromatic rings. The highest BCUT2D eigenvalue weighted by atomic mass is 19.2. The number of allylic oxidation sites excluding steroid dienone is 1. The second kappa shape index (κ2) is 13.6. The minimum Gasteiger partial charge on any atom is -0.490 e. The summed E-state index contributed by atoms with van der Waals surface area (Å²) in [4.78, 5) is 0. The Bertz CT molecular complexity index is 1200. The second-order valence-electron chi connectivity index (χ2n) is 9.62. The quantitative estimate of drug-likeness (QED) is 0.175. The molecule has 0 unspecified atom stereocenters. The van der Waals surface area contributed by atoms with Crippen molar-refractivity contribution in [3.8, 4) is 28.0 Å². The fourth-order valence-electron chi connectivity index (χ4n) is 4.60. The van der Waals surface area contributed by atoms with Crippen molar-refractivity contribution in [2.45, 2.75) is 57.7 Å². The molecule has 0 atom stereocenters. The zero-order chi connectivity index (χ0) is 26.9. The van der Waals surface area contributed by atoms with Crippen LogP contribution in [-0.4, -0.2) is 26.1 Å². The third kappa shape index (κ3) is 6.86. The van der Waals surface area contributed by atoms with Crippen molar-refractivity contribution in [2.75, 3.05) is 19.8 Å². The van der Waals surface area contributed by atoms with Gasteiger partial charge in [-0.05, 0) is 53.3 Å². The summed E-state index contributed by atoms with van der Waals surface area (Å²) in [5.74, 6) is -2.50. The van der Waals surface area contributed by atoms with E-state index in [1.165, 1.54) is 18.2 Å². The van der Waals surface area contributed by atoms with Gasteiger partial charge in [0.1, 0.15) is 5.82 Å². The molecule has 0 amide bonds. The maximum atomic E-state index is 15.0. The van der Waals surface area contributed by atoms with Crippen LogP contribution in [0.4, 0.5) is 13.2 Å². The van der Waals surface area contributed by atoms with E-state index in [0.29, 0.717) is 36.5 Å². The van der Waals surface area contributed by atoms with E-state index in [9.17, 15) is 8.78 Å². The molecule has 1 aliphatic heterocycles. The van der Waals surface area contributed by atoms with Crippen molar-refractivity contribution in [2.24, 2.45) is 0 Å². The molecular weight excluding hydrogens is 489 g/mol. The van der Waals surface area contributed by atoms with Gasteiger partial charge in [-0.2, -0.15) is 4.39 Å². The molecule has 1 fully saturated rings. The summed E-state index contributed by atoms with van der Waals surface area (Å²) in [5.41, 5.74) is 2.69. The normalized spacial score (nSPS) is 17.4. The van der Waals surface area contributed by atoms with Crippen LogP contribution in [0.15, 0.2) is 67.3 Å². The number of rotatable bonds is 12. The second-order valence-corrected chi connectivity index (χ2v) is 9.62. The molecule has 0 bridgehead atoms. The first kappa shape index (κ1) is 27.9. The SMILES string of the molecule is C=CCCC1OCC(c2ccc(-c3ccc(-c4ccc(OCCCCCC)c(F)c4F)cc3)cc2F)CO1. The predicted octanol–water partition coefficient (Wildman–Crippen LogP) is 8.82. The van der Waals surface area contributed by atoms with Crippen molar-refractivity contribution >= 4 is 0 Å². The van der Waals surface area contributed by atoms with Crippen LogP contribution in [0.5, 0.6) is 5.75 Å². The van der Waals surface area contributed by atoms with E-state index >= 15 is 4.39 Å². The van der Waals surface area contributed by atoms with Crippen LogP contribution < -0.4 is 4.74 Å². The molecule has 3 aromatic carbocycles. The van der Waals surface area contributed by atoms with E-state index in [-0.39, 0.29) is 29.3 Å². The summed E-state index contributed by atoms with van der Waals surface area (Å²) in [6.45, 7) is 6.97. The minimum atomic E-state index is -0.984. The highest BCUT2D eigenvalue weighted by Crippen LogP contribution is 2.33. The Hall–Kier alpha value is -3.09. The van der Waals surface area contributed by atoms with Gasteiger partial charge in [0.2, 0.25) is 5.82 Å². The molecular formula is C32H35F3O3. The first-order valence-electron chi connectivity index (χ1n) is 13.4. The summed E-state index contributed by atoms with van der Waals surface area (Å²) < 4.78 is 61.4. The predicted molar refractivity (Wildman–Crippen MR) is 145 cm³/mol. The molecule has 0 N–H and O–H groups in total. The standard InChI is InChI=1S/C32H35F3O3/c1-3-5-7-8-18-36-29-17-16-27(31(34)32(29)35)23-12-10-22(11-13-23)24-14-15-26(28(33)19-24)25-20-37-30(38-21-25)9-6-4-2/h4,10-17,19,25,30H,2-3,5-9,18,20-21H2,1H3. The summed E-state index contributed by atoms with van der Waals surface area (Å²) in [6.07, 6.45) is 7.07. The zero-order valence-corrected chi connectivity index (χ0v) is 21.9. The third-order valence-corrected chi connectivity index (χ3v) is 6.84. The van der Waals surface area contributed by atoms with E-state index < -0.39 is 11.6 Å². The molecule has 0 radical (unpaired) electrons. The van der Waals surface area contributed by atoms with Crippen molar-refractivity contribution in [3.05, 3.63) is 90.3 Å². The van der Waals surface area contributed by atoms with Gasteiger partial charge in [-0.25, -0.2) is 8.78 Å². The first-order chi connectivity index (χ1) is 18.5. The van der Waals surface area contributed by atoms with Gasteiger partial charge in [-0.15, -0.1) is 6.58 Å². The highest BCUT2D eigenvalue weighted by Gasteiger charge is 2.25. The van der Waals surface area contributed by atoms with Gasteiger partial charge in [-0.3, -0.25) is 0 Å². The van der Waals surface area contributed by atoms with E-state index in [1.54, 1.807) is 30.3 Å². The lowest BCUT2D eigenvalue weighted by Gasteiger charge is -2.29. The number of halogens is 3. The van der Waals surface area contributed by atoms with Gasteiger partial charge >= 0.3 is 0 Å². The van der Waals surface area contributed by atoms with Crippen LogP contribution in [0.3, 0.4) is 0 Å². The molecule has 1 saturated heterocycles. The zero-order valence-electron chi connectivity index (χ0n) is 21.9. The number of benzene rings is 3. The fraction of sp³-hybridized carbons (Fsp3) is 0.375. The van der Waals surface area contributed by atoms with Crippen molar-refractivity contribution < 1.29 is 27.4 Å². The van der Waals surface area contributed by atoms with Crippen LogP contribution >= 0.6 is 0 Å². The summed E-state index contributed by atoms with van der Waals surface area (Å²) in [6, 6.07) is 15.1. The van der Waals surface area contributed by atoms with Gasteiger partial charge in [0.15, 0.2) is 17.9 Å². The Balaban J connectivity index is 1.41. The maximum Gasteiger partial charge on any atom is 0.201 e. The largest absolute Gasteiger partial charge is 0.490 e. The van der Waals surface area contributed by atoms with Gasteiger partial charge in [0.05, 0.1) is 19.8 Å². The number of hydrogen-bond donors (Lipinski definition) is 0. The molecule has 3 nitrogen and oxygen atoms in total. The number of ether oxygens (including phenoxy) is 3. The summed E-state index contributed by atoms with van der Waals surface area (Å²) in [5, 5.41) is 0. The van der Waals surface area contributed by atoms with Crippen LogP contribution in [-0.2, 0) is 9.47 Å². The maximum absolute atomic E-state index is 15.0. The van der Waals surface area contributed by atoms with Crippen LogP contribution in [0.2, 0.25) is 0 Å². The Labute approximate surface area is 223 Å². The Morgan fingerprint density at radius 1 is 0.868 bits per heavy atom. The molecule has 0 aliphatic carbocycles. The molecule has 4 rings (SSSR count). The van der Waals surface area contributed by atoms with E-state index in [4.69, 9.17) is 14.2 Å². The van der Waals surface area contributed by atoms with Gasteiger partial charge in [0, 0.05) is 17.9 Å². The summed E-state index contributed by atoms with van der Waals surface area (Å²) >= 11 is 0. The molecule has 0 spiro atoms. The topological polar surface area (TPSA) is 27.7 Å². The molecule has 6 heteroatoms. The summed E-state index contributed by atoms with van der Waals surface area (Å²) in [7, 11) is 0. The van der Waals surface area contributed by atoms with E-state index in [1.807, 2.05) is 12.1 Å². The van der Waals surface area contributed by atoms with Crippen molar-refractivity contribution in [1.29, 1.82) is 0 Å². The fourth-order valence-corrected chi connectivity index (χ4v) is 4.60. The molecule has 202 valence electrons. The number of hydrogen-bond acceptors (Lipinski definition) is 3. The molecule has 38 heavy (non-hydrogen) atoms. The van der Waals surface area contributed by atoms with Crippen LogP contribution in [0.1, 0.15) is 56.9 Å². The van der Waals surface area contributed by atoms with E-state index in [0.717, 1.165) is 44.1 Å². The van der Waals surface area contributed by atoms with Crippen LogP contribution in [0.25, 0.3) is 22.3 Å². The Kier molecular flexibility index (Phi) is 10.0. The molecule has 1 aliphatic rings. The van der Waals surface area contributed by atoms with E-state index in [2.05, 4.69) is 13.5 Å². The Morgan fingerprint density at radius 3 is 2.26 bits per heavy atom. The highest BCUT2D eigenvalue weighted by molar-refractivity contribution is 5.71. The van der Waals surface area contributed by atoms with Crippen LogP contribution in [0, 0.1) is 17.5 Å². The average Bonchev–Trinajstić information content (AvgIpc) is 2.94. The number of unbranched alkanes of at least 4 members (excludes halogenated alkanes) is 3. The lowest BCUT2D eigenvalue weighted by atomic mass is 9.95. The molecule has 1 heterocycles. The van der Waals surface area contributed by atoms with Crippen molar-refractivity contribution in [3.63, 3.8) is 0 Å². The Morgan fingerprint density at radius 2 is 1.58 bits per heavy atom. The third-order valence-electron chi connectivity index (χ3n) is 6.84. The van der Waals surface area contributed by atoms with Gasteiger partial charge in [-0.1, -0.05) is 68.7 Å². The molecule has 0 aromatic heterocycles. The van der Waals surface area contributed by atoms with Gasteiger partial charge in [0.25, 0.3) is 0 Å². The van der Waals surface area contributed by atoms with Gasteiger partial charge < -0.3 is 14.2 Å². The lowest BCUT2D eigenvalue weighted by molar-refractivity contribution is -0.189. The average molecular weight is 525 g/mol.